The number of hydrogen-bond donors (Lipinski definition) is 1. The van der Waals surface area contributed by atoms with Crippen LogP contribution in [-0.4, -0.2) is 67.1 Å². The van der Waals surface area contributed by atoms with Gasteiger partial charge in [-0.05, 0) is 37.5 Å². The Morgan fingerprint density at radius 3 is 2.48 bits per heavy atom. The van der Waals surface area contributed by atoms with Gasteiger partial charge in [-0.25, -0.2) is 9.38 Å². The predicted molar refractivity (Wildman–Crippen MR) is 114 cm³/mol. The van der Waals surface area contributed by atoms with Gasteiger partial charge in [-0.15, -0.1) is 24.0 Å². The normalized spacial score (nSPS) is 20.4. The van der Waals surface area contributed by atoms with E-state index < -0.39 is 0 Å². The van der Waals surface area contributed by atoms with Crippen LogP contribution in [0.25, 0.3) is 0 Å². The highest BCUT2D eigenvalue weighted by atomic mass is 127. The maximum absolute atomic E-state index is 13.0. The van der Waals surface area contributed by atoms with Crippen molar-refractivity contribution in [3.63, 3.8) is 0 Å². The van der Waals surface area contributed by atoms with E-state index in [-0.39, 0.29) is 41.8 Å². The molecule has 2 aliphatic heterocycles. The number of guanidine groups is 1. The summed E-state index contributed by atoms with van der Waals surface area (Å²) >= 11 is 0. The summed E-state index contributed by atoms with van der Waals surface area (Å²) in [6, 6.07) is 6.40. The van der Waals surface area contributed by atoms with Gasteiger partial charge in [0.1, 0.15) is 11.9 Å². The van der Waals surface area contributed by atoms with Gasteiger partial charge in [-0.1, -0.05) is 12.1 Å². The van der Waals surface area contributed by atoms with Crippen LogP contribution in [0.5, 0.6) is 0 Å². The average molecular weight is 490 g/mol. The van der Waals surface area contributed by atoms with Crippen molar-refractivity contribution in [3.8, 4) is 0 Å². The van der Waals surface area contributed by atoms with E-state index >= 15 is 0 Å². The van der Waals surface area contributed by atoms with Crippen LogP contribution in [0, 0.1) is 5.82 Å². The topological polar surface area (TPSA) is 57.2 Å². The molecule has 0 radical (unpaired) electrons. The number of carbonyl (C=O) groups excluding carboxylic acids is 1. The molecule has 1 aromatic carbocycles. The zero-order valence-electron chi connectivity index (χ0n) is 15.7. The van der Waals surface area contributed by atoms with E-state index in [0.717, 1.165) is 44.0 Å². The highest BCUT2D eigenvalue weighted by Crippen LogP contribution is 2.16. The molecule has 2 aliphatic rings. The van der Waals surface area contributed by atoms with Gasteiger partial charge in [0, 0.05) is 39.3 Å². The molecule has 3 rings (SSSR count). The zero-order chi connectivity index (χ0) is 18.4. The second-order valence-electron chi connectivity index (χ2n) is 6.61. The van der Waals surface area contributed by atoms with E-state index in [1.807, 2.05) is 11.8 Å². The van der Waals surface area contributed by atoms with E-state index in [1.54, 1.807) is 12.1 Å². The summed E-state index contributed by atoms with van der Waals surface area (Å²) < 4.78 is 18.5. The Labute approximate surface area is 177 Å². The van der Waals surface area contributed by atoms with Gasteiger partial charge in [0.2, 0.25) is 0 Å². The van der Waals surface area contributed by atoms with Crippen molar-refractivity contribution < 1.29 is 13.9 Å². The van der Waals surface area contributed by atoms with Gasteiger partial charge in [-0.2, -0.15) is 0 Å². The van der Waals surface area contributed by atoms with Gasteiger partial charge in [-0.3, -0.25) is 4.79 Å². The molecule has 2 saturated heterocycles. The number of benzene rings is 1. The number of halogens is 2. The standard InChI is InChI=1S/C19H27FN4O2.HI/c1-2-21-19(22-14-15-5-7-16(20)8-6-15)24-11-9-23(10-12-24)18(25)17-4-3-13-26-17;/h5-8,17H,2-4,9-14H2,1H3,(H,21,22);1H. The Hall–Kier alpha value is -1.42. The monoisotopic (exact) mass is 490 g/mol. The third-order valence-corrected chi connectivity index (χ3v) is 4.76. The zero-order valence-corrected chi connectivity index (χ0v) is 18.0. The minimum Gasteiger partial charge on any atom is -0.368 e. The number of amides is 1. The largest absolute Gasteiger partial charge is 0.368 e. The summed E-state index contributed by atoms with van der Waals surface area (Å²) in [4.78, 5) is 21.2. The van der Waals surface area contributed by atoms with Crippen LogP contribution in [0.15, 0.2) is 29.3 Å². The number of aliphatic imine (C=N–C) groups is 1. The molecule has 1 N–H and O–H groups in total. The Morgan fingerprint density at radius 2 is 1.89 bits per heavy atom. The highest BCUT2D eigenvalue weighted by molar-refractivity contribution is 14.0. The van der Waals surface area contributed by atoms with Crippen molar-refractivity contribution >= 4 is 35.8 Å². The average Bonchev–Trinajstić information content (AvgIpc) is 3.21. The Bertz CT molecular complexity index is 627. The van der Waals surface area contributed by atoms with Gasteiger partial charge < -0.3 is 19.9 Å². The van der Waals surface area contributed by atoms with Crippen molar-refractivity contribution in [2.75, 3.05) is 39.3 Å². The second-order valence-corrected chi connectivity index (χ2v) is 6.61. The Morgan fingerprint density at radius 1 is 1.22 bits per heavy atom. The molecule has 0 aliphatic carbocycles. The van der Waals surface area contributed by atoms with Crippen molar-refractivity contribution in [3.05, 3.63) is 35.6 Å². The number of nitrogens with zero attached hydrogens (tertiary/aromatic N) is 3. The van der Waals surface area contributed by atoms with Crippen LogP contribution in [-0.2, 0) is 16.1 Å². The van der Waals surface area contributed by atoms with Crippen LogP contribution in [0.1, 0.15) is 25.3 Å². The van der Waals surface area contributed by atoms with Crippen LogP contribution >= 0.6 is 24.0 Å². The highest BCUT2D eigenvalue weighted by Gasteiger charge is 2.30. The predicted octanol–water partition coefficient (Wildman–Crippen LogP) is 2.23. The fourth-order valence-corrected chi connectivity index (χ4v) is 3.30. The van der Waals surface area contributed by atoms with Crippen molar-refractivity contribution in [2.24, 2.45) is 4.99 Å². The molecule has 2 heterocycles. The molecule has 2 fully saturated rings. The van der Waals surface area contributed by atoms with Crippen molar-refractivity contribution in [1.82, 2.24) is 15.1 Å². The molecule has 0 aromatic heterocycles. The third kappa shape index (κ3) is 6.03. The van der Waals surface area contributed by atoms with Crippen LogP contribution < -0.4 is 5.32 Å². The first-order chi connectivity index (χ1) is 12.7. The van der Waals surface area contributed by atoms with E-state index in [2.05, 4.69) is 15.2 Å². The van der Waals surface area contributed by atoms with E-state index in [1.165, 1.54) is 12.1 Å². The lowest BCUT2D eigenvalue weighted by Crippen LogP contribution is -2.55. The minimum absolute atomic E-state index is 0. The fourth-order valence-electron chi connectivity index (χ4n) is 3.30. The van der Waals surface area contributed by atoms with E-state index in [4.69, 9.17) is 4.74 Å². The summed E-state index contributed by atoms with van der Waals surface area (Å²) in [5, 5.41) is 3.31. The first-order valence-corrected chi connectivity index (χ1v) is 9.35. The summed E-state index contributed by atoms with van der Waals surface area (Å²) in [6.07, 6.45) is 1.56. The molecule has 1 aromatic rings. The Kier molecular flexibility index (Phi) is 8.75. The van der Waals surface area contributed by atoms with Gasteiger partial charge in [0.05, 0.1) is 6.54 Å². The summed E-state index contributed by atoms with van der Waals surface area (Å²) in [5.74, 6) is 0.716. The molecule has 150 valence electrons. The quantitative estimate of drug-likeness (QED) is 0.400. The second kappa shape index (κ2) is 10.8. The summed E-state index contributed by atoms with van der Waals surface area (Å²) in [5.41, 5.74) is 0.967. The molecule has 1 atom stereocenters. The number of nitrogens with one attached hydrogen (secondary N) is 1. The molecule has 27 heavy (non-hydrogen) atoms. The molecule has 0 spiro atoms. The number of ether oxygens (including phenoxy) is 1. The molecule has 1 amide bonds. The molecule has 6 nitrogen and oxygen atoms in total. The SMILES string of the molecule is CCNC(=NCc1ccc(F)cc1)N1CCN(C(=O)C2CCCO2)CC1.I. The van der Waals surface area contributed by atoms with Crippen LogP contribution in [0.3, 0.4) is 0 Å². The van der Waals surface area contributed by atoms with Gasteiger partial charge in [0.25, 0.3) is 5.91 Å². The molecule has 8 heteroatoms. The summed E-state index contributed by atoms with van der Waals surface area (Å²) in [7, 11) is 0. The molecular weight excluding hydrogens is 462 g/mol. The van der Waals surface area contributed by atoms with Crippen LogP contribution in [0.4, 0.5) is 4.39 Å². The van der Waals surface area contributed by atoms with Gasteiger partial charge >= 0.3 is 0 Å². The lowest BCUT2D eigenvalue weighted by Gasteiger charge is -2.37. The number of carbonyl (C=O) groups is 1. The third-order valence-electron chi connectivity index (χ3n) is 4.76. The Balaban J connectivity index is 0.00000261. The first kappa shape index (κ1) is 21.9. The van der Waals surface area contributed by atoms with Crippen molar-refractivity contribution in [2.45, 2.75) is 32.4 Å². The fraction of sp³-hybridized carbons (Fsp3) is 0.579. The lowest BCUT2D eigenvalue weighted by atomic mass is 10.2. The van der Waals surface area contributed by atoms with Crippen LogP contribution in [0.2, 0.25) is 0 Å². The molecule has 0 saturated carbocycles. The lowest BCUT2D eigenvalue weighted by molar-refractivity contribution is -0.142. The maximum atomic E-state index is 13.0. The van der Waals surface area contributed by atoms with Crippen molar-refractivity contribution in [1.29, 1.82) is 0 Å². The number of piperazine rings is 1. The van der Waals surface area contributed by atoms with E-state index in [0.29, 0.717) is 26.2 Å². The minimum atomic E-state index is -0.248. The van der Waals surface area contributed by atoms with E-state index in [9.17, 15) is 9.18 Å². The van der Waals surface area contributed by atoms with Gasteiger partial charge in [0.15, 0.2) is 5.96 Å². The smallest absolute Gasteiger partial charge is 0.251 e. The molecular formula is C19H28FIN4O2. The maximum Gasteiger partial charge on any atom is 0.251 e. The number of hydrogen-bond acceptors (Lipinski definition) is 3. The molecule has 1 unspecified atom stereocenters. The first-order valence-electron chi connectivity index (χ1n) is 9.35. The summed E-state index contributed by atoms with van der Waals surface area (Å²) in [6.45, 7) is 6.84. The molecule has 0 bridgehead atoms. The number of rotatable bonds is 4.